The molecule has 1 nitrogen and oxygen atoms in total. The van der Waals surface area contributed by atoms with Gasteiger partial charge in [-0.25, -0.2) is 0 Å². The Kier molecular flexibility index (Phi) is 15.2. The Balaban J connectivity index is 0. The summed E-state index contributed by atoms with van der Waals surface area (Å²) < 4.78 is 0. The van der Waals surface area contributed by atoms with E-state index < -0.39 is 0 Å². The molecule has 0 radical (unpaired) electrons. The van der Waals surface area contributed by atoms with Crippen LogP contribution in [-0.4, -0.2) is 25.0 Å². The lowest BCUT2D eigenvalue weighted by Gasteiger charge is -2.28. The molecule has 88 valence electrons. The molecule has 0 spiro atoms. The highest BCUT2D eigenvalue weighted by Crippen LogP contribution is 2.20. The molecule has 0 N–H and O–H groups in total. The summed E-state index contributed by atoms with van der Waals surface area (Å²) in [5, 5.41) is 0. The van der Waals surface area contributed by atoms with Gasteiger partial charge in [0.25, 0.3) is 0 Å². The standard InChI is InChI=1S/C9H19N.2C2H6/c1-3-4-9-5-7-10(2)8-6-9;2*1-2/h9H,3-8H2,1-2H3;2*1-2H3. The van der Waals surface area contributed by atoms with Crippen molar-refractivity contribution in [1.82, 2.24) is 4.90 Å². The lowest BCUT2D eigenvalue weighted by atomic mass is 9.93. The molecule has 1 fully saturated rings. The van der Waals surface area contributed by atoms with Gasteiger partial charge in [0.15, 0.2) is 0 Å². The van der Waals surface area contributed by atoms with E-state index in [0.29, 0.717) is 0 Å². The third-order valence-electron chi connectivity index (χ3n) is 2.54. The van der Waals surface area contributed by atoms with Crippen molar-refractivity contribution >= 4 is 0 Å². The van der Waals surface area contributed by atoms with Gasteiger partial charge in [-0.05, 0) is 38.9 Å². The summed E-state index contributed by atoms with van der Waals surface area (Å²) in [6, 6.07) is 0. The van der Waals surface area contributed by atoms with E-state index in [1.165, 1.54) is 38.8 Å². The highest BCUT2D eigenvalue weighted by molar-refractivity contribution is 4.68. The SMILES string of the molecule is CC.CC.CCCC1CCN(C)CC1. The smallest absolute Gasteiger partial charge is 0.00191 e. The van der Waals surface area contributed by atoms with Gasteiger partial charge in [0, 0.05) is 0 Å². The van der Waals surface area contributed by atoms with Crippen molar-refractivity contribution in [2.75, 3.05) is 20.1 Å². The lowest BCUT2D eigenvalue weighted by Crippen LogP contribution is -2.29. The summed E-state index contributed by atoms with van der Waals surface area (Å²) in [6.07, 6.45) is 5.69. The summed E-state index contributed by atoms with van der Waals surface area (Å²) in [5.41, 5.74) is 0. The van der Waals surface area contributed by atoms with E-state index in [1.54, 1.807) is 0 Å². The predicted molar refractivity (Wildman–Crippen MR) is 67.8 cm³/mol. The van der Waals surface area contributed by atoms with Crippen LogP contribution in [0.1, 0.15) is 60.3 Å². The van der Waals surface area contributed by atoms with Gasteiger partial charge in [0.05, 0.1) is 0 Å². The molecule has 1 aliphatic heterocycles. The Morgan fingerprint density at radius 2 is 1.43 bits per heavy atom. The van der Waals surface area contributed by atoms with Gasteiger partial charge >= 0.3 is 0 Å². The quantitative estimate of drug-likeness (QED) is 0.648. The molecule has 1 rings (SSSR count). The third kappa shape index (κ3) is 8.55. The number of piperidine rings is 1. The van der Waals surface area contributed by atoms with Crippen molar-refractivity contribution in [3.63, 3.8) is 0 Å². The Morgan fingerprint density at radius 1 is 1.00 bits per heavy atom. The Morgan fingerprint density at radius 3 is 1.79 bits per heavy atom. The molecule has 14 heavy (non-hydrogen) atoms. The zero-order chi connectivity index (χ0) is 11.4. The van der Waals surface area contributed by atoms with Crippen LogP contribution in [0.5, 0.6) is 0 Å². The molecular weight excluding hydrogens is 170 g/mol. The van der Waals surface area contributed by atoms with Crippen molar-refractivity contribution in [2.45, 2.75) is 60.3 Å². The summed E-state index contributed by atoms with van der Waals surface area (Å²) in [4.78, 5) is 2.44. The average molecular weight is 201 g/mol. The Bertz CT molecular complexity index is 83.2. The zero-order valence-electron chi connectivity index (χ0n) is 11.3. The van der Waals surface area contributed by atoms with Crippen LogP contribution in [0.4, 0.5) is 0 Å². The number of hydrogen-bond donors (Lipinski definition) is 0. The summed E-state index contributed by atoms with van der Waals surface area (Å²) in [5.74, 6) is 1.04. The van der Waals surface area contributed by atoms with Crippen molar-refractivity contribution in [3.05, 3.63) is 0 Å². The maximum absolute atomic E-state index is 2.44. The topological polar surface area (TPSA) is 3.24 Å². The van der Waals surface area contributed by atoms with E-state index in [4.69, 9.17) is 0 Å². The number of rotatable bonds is 2. The third-order valence-corrected chi connectivity index (χ3v) is 2.54. The second kappa shape index (κ2) is 13.0. The maximum Gasteiger partial charge on any atom is -0.00191 e. The number of nitrogens with zero attached hydrogens (tertiary/aromatic N) is 1. The molecule has 0 amide bonds. The van der Waals surface area contributed by atoms with Gasteiger partial charge in [-0.1, -0.05) is 47.5 Å². The first kappa shape index (κ1) is 16.4. The average Bonchev–Trinajstić information content (AvgIpc) is 2.28. The van der Waals surface area contributed by atoms with Crippen molar-refractivity contribution in [2.24, 2.45) is 5.92 Å². The largest absolute Gasteiger partial charge is 0.306 e. The minimum atomic E-state index is 1.04. The molecule has 0 saturated carbocycles. The summed E-state index contributed by atoms with van der Waals surface area (Å²) in [7, 11) is 2.22. The molecule has 1 heteroatoms. The van der Waals surface area contributed by atoms with Crippen LogP contribution >= 0.6 is 0 Å². The highest BCUT2D eigenvalue weighted by Gasteiger charge is 2.14. The molecule has 1 aliphatic rings. The van der Waals surface area contributed by atoms with Gasteiger partial charge in [0.1, 0.15) is 0 Å². The molecule has 1 saturated heterocycles. The van der Waals surface area contributed by atoms with Crippen molar-refractivity contribution < 1.29 is 0 Å². The molecule has 0 aliphatic carbocycles. The molecule has 0 unspecified atom stereocenters. The second-order valence-corrected chi connectivity index (χ2v) is 3.54. The van der Waals surface area contributed by atoms with E-state index in [9.17, 15) is 0 Å². The van der Waals surface area contributed by atoms with Crippen LogP contribution in [0.2, 0.25) is 0 Å². The zero-order valence-corrected chi connectivity index (χ0v) is 11.3. The van der Waals surface area contributed by atoms with E-state index in [1.807, 2.05) is 27.7 Å². The fourth-order valence-corrected chi connectivity index (χ4v) is 1.76. The van der Waals surface area contributed by atoms with Crippen LogP contribution in [0.15, 0.2) is 0 Å². The van der Waals surface area contributed by atoms with Crippen LogP contribution in [0.25, 0.3) is 0 Å². The molecule has 0 aromatic carbocycles. The van der Waals surface area contributed by atoms with Crippen molar-refractivity contribution in [3.8, 4) is 0 Å². The lowest BCUT2D eigenvalue weighted by molar-refractivity contribution is 0.211. The first-order chi connectivity index (χ1) is 6.83. The molecule has 0 aromatic heterocycles. The van der Waals surface area contributed by atoms with Gasteiger partial charge < -0.3 is 4.90 Å². The van der Waals surface area contributed by atoms with Gasteiger partial charge in [0.2, 0.25) is 0 Å². The van der Waals surface area contributed by atoms with E-state index >= 15 is 0 Å². The van der Waals surface area contributed by atoms with Gasteiger partial charge in [-0.2, -0.15) is 0 Å². The van der Waals surface area contributed by atoms with Gasteiger partial charge in [-0.3, -0.25) is 0 Å². The first-order valence-electron chi connectivity index (χ1n) is 6.51. The summed E-state index contributed by atoms with van der Waals surface area (Å²) >= 11 is 0. The fraction of sp³-hybridized carbons (Fsp3) is 1.00. The predicted octanol–water partition coefficient (Wildman–Crippen LogP) is 4.18. The molecule has 0 aromatic rings. The first-order valence-corrected chi connectivity index (χ1v) is 6.51. The number of hydrogen-bond acceptors (Lipinski definition) is 1. The molecule has 1 heterocycles. The van der Waals surface area contributed by atoms with E-state index in [-0.39, 0.29) is 0 Å². The van der Waals surface area contributed by atoms with E-state index in [0.717, 1.165) is 5.92 Å². The van der Waals surface area contributed by atoms with Gasteiger partial charge in [-0.15, -0.1) is 0 Å². The minimum absolute atomic E-state index is 1.04. The second-order valence-electron chi connectivity index (χ2n) is 3.54. The highest BCUT2D eigenvalue weighted by atomic mass is 15.1. The van der Waals surface area contributed by atoms with Crippen molar-refractivity contribution in [1.29, 1.82) is 0 Å². The van der Waals surface area contributed by atoms with Crippen LogP contribution in [0.3, 0.4) is 0 Å². The monoisotopic (exact) mass is 201 g/mol. The van der Waals surface area contributed by atoms with Crippen LogP contribution in [0, 0.1) is 5.92 Å². The molecular formula is C13H31N. The maximum atomic E-state index is 2.44. The summed E-state index contributed by atoms with van der Waals surface area (Å²) in [6.45, 7) is 12.9. The normalized spacial score (nSPS) is 17.6. The Hall–Kier alpha value is -0.0400. The fourth-order valence-electron chi connectivity index (χ4n) is 1.76. The van der Waals surface area contributed by atoms with Crippen LogP contribution in [-0.2, 0) is 0 Å². The molecule has 0 atom stereocenters. The van der Waals surface area contributed by atoms with Crippen LogP contribution < -0.4 is 0 Å². The van der Waals surface area contributed by atoms with E-state index in [2.05, 4.69) is 18.9 Å². The Labute approximate surface area is 91.9 Å². The molecule has 0 bridgehead atoms. The minimum Gasteiger partial charge on any atom is -0.306 e. The number of likely N-dealkylation sites (tertiary alicyclic amines) is 1.